The highest BCUT2D eigenvalue weighted by Crippen LogP contribution is 2.11. The van der Waals surface area contributed by atoms with Crippen LogP contribution in [0.3, 0.4) is 0 Å². The fourth-order valence-electron chi connectivity index (χ4n) is 0.778. The lowest BCUT2D eigenvalue weighted by Crippen LogP contribution is -2.15. The maximum absolute atomic E-state index is 10.6. The van der Waals surface area contributed by atoms with E-state index in [0.29, 0.717) is 17.8 Å². The molecule has 0 radical (unpaired) electrons. The summed E-state index contributed by atoms with van der Waals surface area (Å²) in [5, 5.41) is 0. The second-order valence-electron chi connectivity index (χ2n) is 1.96. The van der Waals surface area contributed by atoms with Crippen molar-refractivity contribution in [1.29, 1.82) is 0 Å². The second kappa shape index (κ2) is 2.54. The second-order valence-corrected chi connectivity index (χ2v) is 1.96. The van der Waals surface area contributed by atoms with E-state index in [-0.39, 0.29) is 6.61 Å². The minimum Gasteiger partial charge on any atom is -0.371 e. The van der Waals surface area contributed by atoms with Crippen molar-refractivity contribution in [2.75, 3.05) is 13.2 Å². The van der Waals surface area contributed by atoms with E-state index in [1.165, 1.54) is 0 Å². The standard InChI is InChI=1S/C7H7NO2/c1-2-5-3-10-4-6(5)7(8)9/h1H,3-4H2,(H2,8,9). The van der Waals surface area contributed by atoms with E-state index in [1.807, 2.05) is 0 Å². The van der Waals surface area contributed by atoms with Gasteiger partial charge in [0.15, 0.2) is 0 Å². The van der Waals surface area contributed by atoms with Gasteiger partial charge in [-0.25, -0.2) is 0 Å². The quantitative estimate of drug-likeness (QED) is 0.492. The smallest absolute Gasteiger partial charge is 0.247 e. The molecular formula is C7H7NO2. The summed E-state index contributed by atoms with van der Waals surface area (Å²) in [5.41, 5.74) is 6.00. The topological polar surface area (TPSA) is 52.3 Å². The van der Waals surface area contributed by atoms with Gasteiger partial charge in [-0.2, -0.15) is 0 Å². The fraction of sp³-hybridized carbons (Fsp3) is 0.286. The highest BCUT2D eigenvalue weighted by Gasteiger charge is 2.17. The minimum atomic E-state index is -0.481. The fourth-order valence-corrected chi connectivity index (χ4v) is 0.778. The van der Waals surface area contributed by atoms with Crippen molar-refractivity contribution in [3.05, 3.63) is 11.1 Å². The van der Waals surface area contributed by atoms with Crippen LogP contribution in [0.5, 0.6) is 0 Å². The van der Waals surface area contributed by atoms with E-state index in [1.54, 1.807) is 0 Å². The Labute approximate surface area is 58.8 Å². The average molecular weight is 137 g/mol. The summed E-state index contributed by atoms with van der Waals surface area (Å²) in [6.45, 7) is 0.601. The molecular weight excluding hydrogens is 130 g/mol. The Morgan fingerprint density at radius 3 is 2.80 bits per heavy atom. The van der Waals surface area contributed by atoms with Crippen LogP contribution in [-0.4, -0.2) is 19.1 Å². The molecule has 52 valence electrons. The molecule has 0 saturated carbocycles. The van der Waals surface area contributed by atoms with E-state index in [9.17, 15) is 4.79 Å². The van der Waals surface area contributed by atoms with E-state index < -0.39 is 5.91 Å². The Kier molecular flexibility index (Phi) is 1.74. The zero-order chi connectivity index (χ0) is 7.56. The predicted molar refractivity (Wildman–Crippen MR) is 35.9 cm³/mol. The number of nitrogens with two attached hydrogens (primary N) is 1. The highest BCUT2D eigenvalue weighted by atomic mass is 16.5. The van der Waals surface area contributed by atoms with Gasteiger partial charge in [-0.1, -0.05) is 5.92 Å². The van der Waals surface area contributed by atoms with Crippen molar-refractivity contribution < 1.29 is 9.53 Å². The summed E-state index contributed by atoms with van der Waals surface area (Å²) in [7, 11) is 0. The molecule has 0 bridgehead atoms. The molecule has 1 aliphatic heterocycles. The highest BCUT2D eigenvalue weighted by molar-refractivity contribution is 5.94. The first-order valence-corrected chi connectivity index (χ1v) is 2.82. The normalized spacial score (nSPS) is 17.1. The number of carbonyl (C=O) groups is 1. The van der Waals surface area contributed by atoms with Crippen molar-refractivity contribution in [1.82, 2.24) is 0 Å². The number of ether oxygens (including phenoxy) is 1. The Bertz CT molecular complexity index is 234. The van der Waals surface area contributed by atoms with Gasteiger partial charge in [-0.05, 0) is 0 Å². The van der Waals surface area contributed by atoms with Crippen LogP contribution in [0.15, 0.2) is 11.1 Å². The summed E-state index contributed by atoms with van der Waals surface area (Å²) < 4.78 is 4.90. The zero-order valence-corrected chi connectivity index (χ0v) is 5.39. The van der Waals surface area contributed by atoms with Crippen LogP contribution in [-0.2, 0) is 9.53 Å². The molecule has 0 aromatic heterocycles. The van der Waals surface area contributed by atoms with Crippen LogP contribution in [0.2, 0.25) is 0 Å². The van der Waals surface area contributed by atoms with Gasteiger partial charge in [0.2, 0.25) is 5.91 Å². The number of hydrogen-bond donors (Lipinski definition) is 1. The first-order valence-electron chi connectivity index (χ1n) is 2.82. The Morgan fingerprint density at radius 1 is 1.70 bits per heavy atom. The van der Waals surface area contributed by atoms with Gasteiger partial charge in [-0.3, -0.25) is 4.79 Å². The molecule has 0 unspecified atom stereocenters. The molecule has 1 amide bonds. The Hall–Kier alpha value is -1.27. The van der Waals surface area contributed by atoms with Crippen LogP contribution in [0.25, 0.3) is 0 Å². The maximum atomic E-state index is 10.6. The third-order valence-electron chi connectivity index (χ3n) is 1.33. The number of carbonyl (C=O) groups excluding carboxylic acids is 1. The van der Waals surface area contributed by atoms with Crippen LogP contribution in [0, 0.1) is 12.3 Å². The van der Waals surface area contributed by atoms with Gasteiger partial charge in [-0.15, -0.1) is 6.42 Å². The van der Waals surface area contributed by atoms with E-state index in [2.05, 4.69) is 5.92 Å². The van der Waals surface area contributed by atoms with Crippen molar-refractivity contribution in [3.63, 3.8) is 0 Å². The molecule has 10 heavy (non-hydrogen) atoms. The number of rotatable bonds is 1. The van der Waals surface area contributed by atoms with Crippen LogP contribution >= 0.6 is 0 Å². The Balaban J connectivity index is 2.91. The lowest BCUT2D eigenvalue weighted by molar-refractivity contribution is -0.114. The van der Waals surface area contributed by atoms with Gasteiger partial charge in [0.05, 0.1) is 18.8 Å². The molecule has 2 N–H and O–H groups in total. The molecule has 0 aromatic carbocycles. The molecule has 0 saturated heterocycles. The lowest BCUT2D eigenvalue weighted by atomic mass is 10.1. The summed E-state index contributed by atoms with van der Waals surface area (Å²) in [4.78, 5) is 10.6. The molecule has 0 aliphatic carbocycles. The number of hydrogen-bond acceptors (Lipinski definition) is 2. The van der Waals surface area contributed by atoms with Crippen molar-refractivity contribution in [3.8, 4) is 12.3 Å². The first kappa shape index (κ1) is 6.84. The van der Waals surface area contributed by atoms with Crippen molar-refractivity contribution in [2.24, 2.45) is 5.73 Å². The molecule has 3 nitrogen and oxygen atoms in total. The summed E-state index contributed by atoms with van der Waals surface area (Å²) >= 11 is 0. The molecule has 0 fully saturated rings. The third-order valence-corrected chi connectivity index (χ3v) is 1.33. The van der Waals surface area contributed by atoms with E-state index in [0.717, 1.165) is 0 Å². The number of amides is 1. The third kappa shape index (κ3) is 1.02. The van der Waals surface area contributed by atoms with Gasteiger partial charge in [0.25, 0.3) is 0 Å². The number of terminal acetylenes is 1. The van der Waals surface area contributed by atoms with Gasteiger partial charge >= 0.3 is 0 Å². The molecule has 1 heterocycles. The van der Waals surface area contributed by atoms with Crippen LogP contribution in [0.1, 0.15) is 0 Å². The van der Waals surface area contributed by atoms with Crippen molar-refractivity contribution >= 4 is 5.91 Å². The molecule has 1 rings (SSSR count). The number of primary amides is 1. The van der Waals surface area contributed by atoms with Crippen LogP contribution < -0.4 is 5.73 Å². The van der Waals surface area contributed by atoms with E-state index >= 15 is 0 Å². The monoisotopic (exact) mass is 137 g/mol. The predicted octanol–water partition coefficient (Wildman–Crippen LogP) is -0.568. The van der Waals surface area contributed by atoms with E-state index in [4.69, 9.17) is 16.9 Å². The molecule has 0 aromatic rings. The Morgan fingerprint density at radius 2 is 2.40 bits per heavy atom. The first-order chi connectivity index (χ1) is 4.75. The van der Waals surface area contributed by atoms with Gasteiger partial charge < -0.3 is 10.5 Å². The largest absolute Gasteiger partial charge is 0.371 e. The SMILES string of the molecule is C#CC1=C(C(N)=O)COC1. The average Bonchev–Trinajstić information content (AvgIpc) is 2.33. The zero-order valence-electron chi connectivity index (χ0n) is 5.39. The van der Waals surface area contributed by atoms with Crippen molar-refractivity contribution in [2.45, 2.75) is 0 Å². The summed E-state index contributed by atoms with van der Waals surface area (Å²) in [6.07, 6.45) is 5.07. The van der Waals surface area contributed by atoms with Gasteiger partial charge in [0.1, 0.15) is 0 Å². The molecule has 0 atom stereocenters. The molecule has 1 aliphatic rings. The van der Waals surface area contributed by atoms with Crippen LogP contribution in [0.4, 0.5) is 0 Å². The molecule has 0 spiro atoms. The summed E-state index contributed by atoms with van der Waals surface area (Å²) in [5.74, 6) is 1.87. The molecule has 3 heteroatoms. The summed E-state index contributed by atoms with van der Waals surface area (Å²) in [6, 6.07) is 0. The maximum Gasteiger partial charge on any atom is 0.247 e. The minimum absolute atomic E-state index is 0.259. The lowest BCUT2D eigenvalue weighted by Gasteiger charge is -1.91. The van der Waals surface area contributed by atoms with Gasteiger partial charge in [0, 0.05) is 5.57 Å².